The third-order valence-electron chi connectivity index (χ3n) is 3.58. The first-order chi connectivity index (χ1) is 10.5. The zero-order valence-corrected chi connectivity index (χ0v) is 12.9. The summed E-state index contributed by atoms with van der Waals surface area (Å²) in [5.41, 5.74) is 6.21. The van der Waals surface area contributed by atoms with Gasteiger partial charge in [0.05, 0.1) is 5.54 Å². The van der Waals surface area contributed by atoms with Crippen LogP contribution in [0.15, 0.2) is 24.3 Å². The molecule has 0 spiro atoms. The highest BCUT2D eigenvalue weighted by atomic mass is 16.5. The molecule has 6 heteroatoms. The van der Waals surface area contributed by atoms with Gasteiger partial charge in [0.1, 0.15) is 0 Å². The van der Waals surface area contributed by atoms with Crippen LogP contribution in [0.3, 0.4) is 0 Å². The smallest absolute Gasteiger partial charge is 0.251 e. The van der Waals surface area contributed by atoms with Crippen molar-refractivity contribution in [1.29, 1.82) is 0 Å². The number of rotatable bonds is 8. The lowest BCUT2D eigenvalue weighted by Crippen LogP contribution is -2.37. The fourth-order valence-corrected chi connectivity index (χ4v) is 1.98. The zero-order chi connectivity index (χ0) is 16.0. The summed E-state index contributed by atoms with van der Waals surface area (Å²) in [4.78, 5) is 23.9. The molecule has 0 saturated heterocycles. The summed E-state index contributed by atoms with van der Waals surface area (Å²) in [5.74, 6) is -0.358. The summed E-state index contributed by atoms with van der Waals surface area (Å²) in [6, 6.07) is 6.85. The Labute approximate surface area is 130 Å². The molecule has 1 aromatic rings. The fraction of sp³-hybridized carbons (Fsp3) is 0.500. The molecule has 0 radical (unpaired) electrons. The highest BCUT2D eigenvalue weighted by molar-refractivity contribution is 6.01. The molecule has 1 aliphatic carbocycles. The van der Waals surface area contributed by atoms with E-state index in [1.54, 1.807) is 24.3 Å². The van der Waals surface area contributed by atoms with Crippen LogP contribution < -0.4 is 16.4 Å². The minimum Gasteiger partial charge on any atom is -0.382 e. The van der Waals surface area contributed by atoms with Gasteiger partial charge in [0.25, 0.3) is 5.91 Å². The number of anilines is 1. The summed E-state index contributed by atoms with van der Waals surface area (Å²) >= 11 is 0. The molecule has 0 aromatic heterocycles. The number of nitrogens with one attached hydrogen (secondary N) is 2. The van der Waals surface area contributed by atoms with Gasteiger partial charge in [-0.15, -0.1) is 0 Å². The molecule has 1 fully saturated rings. The van der Waals surface area contributed by atoms with Crippen molar-refractivity contribution in [1.82, 2.24) is 5.32 Å². The third kappa shape index (κ3) is 4.54. The van der Waals surface area contributed by atoms with E-state index >= 15 is 0 Å². The van der Waals surface area contributed by atoms with Crippen molar-refractivity contribution in [2.75, 3.05) is 25.1 Å². The number of carbonyl (C=O) groups excluding carboxylic acids is 2. The van der Waals surface area contributed by atoms with Crippen LogP contribution in [0.1, 0.15) is 36.5 Å². The lowest BCUT2D eigenvalue weighted by Gasteiger charge is -2.11. The molecule has 4 N–H and O–H groups in total. The van der Waals surface area contributed by atoms with E-state index in [0.717, 1.165) is 6.42 Å². The molecule has 6 nitrogen and oxygen atoms in total. The van der Waals surface area contributed by atoms with E-state index in [2.05, 4.69) is 10.6 Å². The maximum atomic E-state index is 12.0. The highest BCUT2D eigenvalue weighted by Crippen LogP contribution is 2.33. The minimum absolute atomic E-state index is 0.165. The van der Waals surface area contributed by atoms with Gasteiger partial charge in [0.2, 0.25) is 5.91 Å². The molecule has 22 heavy (non-hydrogen) atoms. The number of benzene rings is 1. The Balaban J connectivity index is 1.85. The molecule has 1 aromatic carbocycles. The van der Waals surface area contributed by atoms with E-state index < -0.39 is 5.54 Å². The summed E-state index contributed by atoms with van der Waals surface area (Å²) in [6.45, 7) is 3.80. The van der Waals surface area contributed by atoms with Gasteiger partial charge in [-0.1, -0.05) is 6.07 Å². The van der Waals surface area contributed by atoms with Crippen LogP contribution in [0.2, 0.25) is 0 Å². The van der Waals surface area contributed by atoms with Crippen LogP contribution in [0, 0.1) is 0 Å². The van der Waals surface area contributed by atoms with Crippen LogP contribution in [0.25, 0.3) is 0 Å². The van der Waals surface area contributed by atoms with Crippen molar-refractivity contribution in [3.63, 3.8) is 0 Å². The standard InChI is InChI=1S/C16H23N3O3/c1-2-22-10-4-9-18-14(20)12-5-3-6-13(11-12)19-15(21)16(17)7-8-16/h3,5-6,11H,2,4,7-10,17H2,1H3,(H,18,20)(H,19,21). The average Bonchev–Trinajstić information content (AvgIpc) is 3.26. The van der Waals surface area contributed by atoms with Crippen molar-refractivity contribution in [2.24, 2.45) is 5.73 Å². The van der Waals surface area contributed by atoms with E-state index in [-0.39, 0.29) is 11.8 Å². The van der Waals surface area contributed by atoms with Gasteiger partial charge in [0, 0.05) is 31.0 Å². The quantitative estimate of drug-likeness (QED) is 0.631. The van der Waals surface area contributed by atoms with E-state index in [4.69, 9.17) is 10.5 Å². The van der Waals surface area contributed by atoms with Crippen LogP contribution in [-0.2, 0) is 9.53 Å². The Morgan fingerprint density at radius 1 is 1.36 bits per heavy atom. The Hall–Kier alpha value is -1.92. The number of hydrogen-bond donors (Lipinski definition) is 3. The normalized spacial score (nSPS) is 15.2. The number of carbonyl (C=O) groups is 2. The van der Waals surface area contributed by atoms with Gasteiger partial charge in [-0.05, 0) is 44.4 Å². The predicted molar refractivity (Wildman–Crippen MR) is 84.7 cm³/mol. The maximum Gasteiger partial charge on any atom is 0.251 e. The fourth-order valence-electron chi connectivity index (χ4n) is 1.98. The molecule has 2 amide bonds. The molecule has 0 atom stereocenters. The Morgan fingerprint density at radius 2 is 2.14 bits per heavy atom. The van der Waals surface area contributed by atoms with E-state index in [9.17, 15) is 9.59 Å². The molecule has 0 aliphatic heterocycles. The highest BCUT2D eigenvalue weighted by Gasteiger charge is 2.45. The molecule has 0 bridgehead atoms. The second-order valence-corrected chi connectivity index (χ2v) is 5.50. The van der Waals surface area contributed by atoms with Crippen molar-refractivity contribution >= 4 is 17.5 Å². The second-order valence-electron chi connectivity index (χ2n) is 5.50. The molecular formula is C16H23N3O3. The molecular weight excluding hydrogens is 282 g/mol. The molecule has 120 valence electrons. The van der Waals surface area contributed by atoms with Gasteiger partial charge in [-0.25, -0.2) is 0 Å². The van der Waals surface area contributed by atoms with E-state index in [0.29, 0.717) is 43.9 Å². The van der Waals surface area contributed by atoms with Crippen LogP contribution >= 0.6 is 0 Å². The Morgan fingerprint density at radius 3 is 2.82 bits per heavy atom. The van der Waals surface area contributed by atoms with Crippen LogP contribution in [0.4, 0.5) is 5.69 Å². The average molecular weight is 305 g/mol. The molecule has 0 unspecified atom stereocenters. The number of nitrogens with two attached hydrogens (primary N) is 1. The van der Waals surface area contributed by atoms with Crippen molar-refractivity contribution in [3.05, 3.63) is 29.8 Å². The molecule has 0 heterocycles. The van der Waals surface area contributed by atoms with E-state index in [1.807, 2.05) is 6.92 Å². The summed E-state index contributed by atoms with van der Waals surface area (Å²) in [6.07, 6.45) is 2.18. The third-order valence-corrected chi connectivity index (χ3v) is 3.58. The molecule has 1 aliphatic rings. The largest absolute Gasteiger partial charge is 0.382 e. The topological polar surface area (TPSA) is 93.5 Å². The SMILES string of the molecule is CCOCCCNC(=O)c1cccc(NC(=O)C2(N)CC2)c1. The number of hydrogen-bond acceptors (Lipinski definition) is 4. The number of ether oxygens (including phenoxy) is 1. The lowest BCUT2D eigenvalue weighted by molar-refractivity contribution is -0.118. The first-order valence-corrected chi connectivity index (χ1v) is 7.61. The number of amides is 2. The van der Waals surface area contributed by atoms with Crippen LogP contribution in [0.5, 0.6) is 0 Å². The Kier molecular flexibility index (Phi) is 5.51. The van der Waals surface area contributed by atoms with Crippen molar-refractivity contribution in [2.45, 2.75) is 31.7 Å². The monoisotopic (exact) mass is 305 g/mol. The summed E-state index contributed by atoms with van der Waals surface area (Å²) < 4.78 is 5.21. The molecule has 1 saturated carbocycles. The van der Waals surface area contributed by atoms with Gasteiger partial charge < -0.3 is 21.1 Å². The van der Waals surface area contributed by atoms with Gasteiger partial charge >= 0.3 is 0 Å². The molecule has 2 rings (SSSR count). The van der Waals surface area contributed by atoms with E-state index in [1.165, 1.54) is 0 Å². The minimum atomic E-state index is -0.725. The first kappa shape index (κ1) is 16.5. The zero-order valence-electron chi connectivity index (χ0n) is 12.9. The second kappa shape index (κ2) is 7.38. The van der Waals surface area contributed by atoms with Crippen LogP contribution in [-0.4, -0.2) is 37.1 Å². The van der Waals surface area contributed by atoms with Gasteiger partial charge in [0.15, 0.2) is 0 Å². The predicted octanol–water partition coefficient (Wildman–Crippen LogP) is 1.27. The first-order valence-electron chi connectivity index (χ1n) is 7.61. The summed E-state index contributed by atoms with van der Waals surface area (Å²) in [7, 11) is 0. The summed E-state index contributed by atoms with van der Waals surface area (Å²) in [5, 5.41) is 5.58. The van der Waals surface area contributed by atoms with Gasteiger partial charge in [-0.3, -0.25) is 9.59 Å². The Bertz CT molecular complexity index is 541. The van der Waals surface area contributed by atoms with Gasteiger partial charge in [-0.2, -0.15) is 0 Å². The lowest BCUT2D eigenvalue weighted by atomic mass is 10.1. The maximum absolute atomic E-state index is 12.0. The van der Waals surface area contributed by atoms with Crippen molar-refractivity contribution < 1.29 is 14.3 Å². The van der Waals surface area contributed by atoms with Crippen molar-refractivity contribution in [3.8, 4) is 0 Å².